The van der Waals surface area contributed by atoms with E-state index in [9.17, 15) is 0 Å². The van der Waals surface area contributed by atoms with Crippen molar-refractivity contribution in [3.8, 4) is 0 Å². The number of guanidine groups is 1. The zero-order chi connectivity index (χ0) is 18.0. The molecule has 0 bridgehead atoms. The quantitative estimate of drug-likeness (QED) is 0.341. The summed E-state index contributed by atoms with van der Waals surface area (Å²) in [5.41, 5.74) is 1.49. The van der Waals surface area contributed by atoms with E-state index in [1.165, 1.54) is 22.6 Å². The Morgan fingerprint density at radius 3 is 3.00 bits per heavy atom. The Kier molecular flexibility index (Phi) is 7.89. The van der Waals surface area contributed by atoms with Crippen molar-refractivity contribution in [2.24, 2.45) is 10.9 Å². The van der Waals surface area contributed by atoms with E-state index in [1.807, 2.05) is 11.8 Å². The van der Waals surface area contributed by atoms with Crippen LogP contribution < -0.4 is 5.32 Å². The Labute approximate surface area is 162 Å². The third-order valence-corrected chi connectivity index (χ3v) is 6.14. The molecule has 1 aromatic rings. The molecule has 1 aromatic carbocycles. The predicted octanol–water partition coefficient (Wildman–Crippen LogP) is 3.80. The minimum Gasteiger partial charge on any atom is -0.377 e. The molecule has 1 atom stereocenters. The van der Waals surface area contributed by atoms with Gasteiger partial charge in [-0.2, -0.15) is 0 Å². The van der Waals surface area contributed by atoms with E-state index in [0.29, 0.717) is 0 Å². The molecule has 142 valence electrons. The van der Waals surface area contributed by atoms with Crippen molar-refractivity contribution in [3.05, 3.63) is 42.0 Å². The van der Waals surface area contributed by atoms with E-state index in [4.69, 9.17) is 9.73 Å². The summed E-state index contributed by atoms with van der Waals surface area (Å²) in [7, 11) is 0. The molecule has 4 nitrogen and oxygen atoms in total. The van der Waals surface area contributed by atoms with E-state index in [0.717, 1.165) is 64.1 Å². The number of nitrogens with one attached hydrogen (secondary N) is 1. The second-order valence-corrected chi connectivity index (χ2v) is 7.99. The highest BCUT2D eigenvalue weighted by Crippen LogP contribution is 2.26. The molecule has 0 radical (unpaired) electrons. The molecule has 2 heterocycles. The first kappa shape index (κ1) is 19.3. The summed E-state index contributed by atoms with van der Waals surface area (Å²) in [5.74, 6) is 3.02. The average molecular weight is 374 g/mol. The highest BCUT2D eigenvalue weighted by molar-refractivity contribution is 7.99. The van der Waals surface area contributed by atoms with Crippen LogP contribution in [0.3, 0.4) is 0 Å². The molecular formula is C21H31N3OS. The standard InChI is InChI=1S/C21H31N3OS/c1-2-22-21(23-12-8-18-10-14-25-15-11-18)24-13-9-19(16-24)17-26-20-6-4-3-5-7-20/h3-7,10,19H,2,8-9,11-17H2,1H3,(H,22,23). The van der Waals surface area contributed by atoms with Gasteiger partial charge in [0, 0.05) is 36.8 Å². The van der Waals surface area contributed by atoms with Gasteiger partial charge in [-0.3, -0.25) is 4.99 Å². The van der Waals surface area contributed by atoms with Gasteiger partial charge in [-0.1, -0.05) is 29.8 Å². The van der Waals surface area contributed by atoms with Crippen LogP contribution in [-0.2, 0) is 4.74 Å². The van der Waals surface area contributed by atoms with E-state index in [1.54, 1.807) is 0 Å². The molecular weight excluding hydrogens is 342 g/mol. The van der Waals surface area contributed by atoms with Gasteiger partial charge < -0.3 is 15.0 Å². The average Bonchev–Trinajstić information content (AvgIpc) is 3.16. The zero-order valence-electron chi connectivity index (χ0n) is 15.8. The normalized spacial score (nSPS) is 21.0. The molecule has 3 rings (SSSR count). The van der Waals surface area contributed by atoms with Crippen molar-refractivity contribution >= 4 is 17.7 Å². The summed E-state index contributed by atoms with van der Waals surface area (Å²) in [6, 6.07) is 10.7. The highest BCUT2D eigenvalue weighted by Gasteiger charge is 2.24. The van der Waals surface area contributed by atoms with Crippen LogP contribution in [0.25, 0.3) is 0 Å². The van der Waals surface area contributed by atoms with E-state index in [2.05, 4.69) is 53.5 Å². The summed E-state index contributed by atoms with van der Waals surface area (Å²) < 4.78 is 5.38. The van der Waals surface area contributed by atoms with Gasteiger partial charge >= 0.3 is 0 Å². The lowest BCUT2D eigenvalue weighted by molar-refractivity contribution is 0.153. The molecule has 0 spiro atoms. The molecule has 0 saturated carbocycles. The molecule has 1 unspecified atom stereocenters. The first-order chi connectivity index (χ1) is 12.8. The second-order valence-electron chi connectivity index (χ2n) is 6.90. The van der Waals surface area contributed by atoms with Crippen LogP contribution in [0.5, 0.6) is 0 Å². The van der Waals surface area contributed by atoms with Gasteiger partial charge in [0.1, 0.15) is 0 Å². The summed E-state index contributed by atoms with van der Waals surface area (Å²) >= 11 is 1.98. The van der Waals surface area contributed by atoms with Crippen molar-refractivity contribution in [2.75, 3.05) is 45.1 Å². The van der Waals surface area contributed by atoms with Gasteiger partial charge in [0.25, 0.3) is 0 Å². The lowest BCUT2D eigenvalue weighted by atomic mass is 10.1. The lowest BCUT2D eigenvalue weighted by Crippen LogP contribution is -2.40. The Bertz CT molecular complexity index is 603. The molecule has 1 fully saturated rings. The van der Waals surface area contributed by atoms with Crippen LogP contribution in [0, 0.1) is 5.92 Å². The number of rotatable bonds is 7. The van der Waals surface area contributed by atoms with Gasteiger partial charge in [0.05, 0.1) is 13.2 Å². The molecule has 1 N–H and O–H groups in total. The monoisotopic (exact) mass is 373 g/mol. The van der Waals surface area contributed by atoms with Gasteiger partial charge in [-0.05, 0) is 44.2 Å². The van der Waals surface area contributed by atoms with Gasteiger partial charge in [0.2, 0.25) is 0 Å². The van der Waals surface area contributed by atoms with Crippen molar-refractivity contribution in [2.45, 2.75) is 31.1 Å². The summed E-state index contributed by atoms with van der Waals surface area (Å²) in [4.78, 5) is 8.70. The third-order valence-electron chi connectivity index (χ3n) is 4.90. The molecule has 26 heavy (non-hydrogen) atoms. The van der Waals surface area contributed by atoms with Crippen LogP contribution >= 0.6 is 11.8 Å². The maximum Gasteiger partial charge on any atom is 0.193 e. The van der Waals surface area contributed by atoms with Crippen LogP contribution in [0.2, 0.25) is 0 Å². The third kappa shape index (κ3) is 6.06. The van der Waals surface area contributed by atoms with E-state index >= 15 is 0 Å². The Morgan fingerprint density at radius 2 is 2.23 bits per heavy atom. The van der Waals surface area contributed by atoms with Crippen LogP contribution in [-0.4, -0.2) is 56.0 Å². The van der Waals surface area contributed by atoms with Crippen LogP contribution in [0.1, 0.15) is 26.2 Å². The lowest BCUT2D eigenvalue weighted by Gasteiger charge is -2.22. The molecule has 5 heteroatoms. The second kappa shape index (κ2) is 10.6. The van der Waals surface area contributed by atoms with Gasteiger partial charge in [-0.15, -0.1) is 11.8 Å². The Hall–Kier alpha value is -1.46. The maximum atomic E-state index is 5.38. The number of likely N-dealkylation sites (tertiary alicyclic amines) is 1. The Balaban J connectivity index is 1.46. The summed E-state index contributed by atoms with van der Waals surface area (Å²) in [6.07, 6.45) is 5.60. The molecule has 2 aliphatic rings. The topological polar surface area (TPSA) is 36.9 Å². The largest absolute Gasteiger partial charge is 0.377 e. The van der Waals surface area contributed by atoms with E-state index < -0.39 is 0 Å². The number of thioether (sulfide) groups is 1. The van der Waals surface area contributed by atoms with E-state index in [-0.39, 0.29) is 0 Å². The number of hydrogen-bond acceptors (Lipinski definition) is 3. The molecule has 0 aromatic heterocycles. The summed E-state index contributed by atoms with van der Waals surface area (Å²) in [5, 5.41) is 3.48. The molecule has 0 amide bonds. The summed E-state index contributed by atoms with van der Waals surface area (Å²) in [6.45, 7) is 7.80. The zero-order valence-corrected chi connectivity index (χ0v) is 16.6. The number of benzene rings is 1. The van der Waals surface area contributed by atoms with Crippen molar-refractivity contribution in [3.63, 3.8) is 0 Å². The van der Waals surface area contributed by atoms with Gasteiger partial charge in [-0.25, -0.2) is 0 Å². The fourth-order valence-corrected chi connectivity index (χ4v) is 4.47. The van der Waals surface area contributed by atoms with Crippen molar-refractivity contribution in [1.29, 1.82) is 0 Å². The number of nitrogens with zero attached hydrogens (tertiary/aromatic N) is 2. The molecule has 1 saturated heterocycles. The molecule has 2 aliphatic heterocycles. The SMILES string of the molecule is CCNC(=NCCC1=CCOCC1)N1CCC(CSc2ccccc2)C1. The van der Waals surface area contributed by atoms with Gasteiger partial charge in [0.15, 0.2) is 5.96 Å². The Morgan fingerprint density at radius 1 is 1.35 bits per heavy atom. The minimum absolute atomic E-state index is 0.738. The minimum atomic E-state index is 0.738. The number of ether oxygens (including phenoxy) is 1. The van der Waals surface area contributed by atoms with Crippen molar-refractivity contribution in [1.82, 2.24) is 10.2 Å². The van der Waals surface area contributed by atoms with Crippen molar-refractivity contribution < 1.29 is 4.74 Å². The highest BCUT2D eigenvalue weighted by atomic mass is 32.2. The number of hydrogen-bond donors (Lipinski definition) is 1. The number of aliphatic imine (C=N–C) groups is 1. The fourth-order valence-electron chi connectivity index (χ4n) is 3.42. The first-order valence-electron chi connectivity index (χ1n) is 9.82. The maximum absolute atomic E-state index is 5.38. The fraction of sp³-hybridized carbons (Fsp3) is 0.571. The first-order valence-corrected chi connectivity index (χ1v) is 10.8. The van der Waals surface area contributed by atoms with Crippen LogP contribution in [0.15, 0.2) is 51.9 Å². The predicted molar refractivity (Wildman–Crippen MR) is 111 cm³/mol. The molecule has 0 aliphatic carbocycles. The smallest absolute Gasteiger partial charge is 0.193 e. The van der Waals surface area contributed by atoms with Crippen LogP contribution in [0.4, 0.5) is 0 Å².